The van der Waals surface area contributed by atoms with Gasteiger partial charge in [0, 0.05) is 11.0 Å². The zero-order chi connectivity index (χ0) is 10.1. The van der Waals surface area contributed by atoms with Crippen LogP contribution in [-0.4, -0.2) is 15.7 Å². The zero-order valence-electron chi connectivity index (χ0n) is 8.16. The van der Waals surface area contributed by atoms with E-state index in [-0.39, 0.29) is 5.56 Å². The molecular weight excluding hydrogens is 216 g/mol. The molecule has 76 valence electrons. The summed E-state index contributed by atoms with van der Waals surface area (Å²) in [5.41, 5.74) is 1.89. The van der Waals surface area contributed by atoms with E-state index in [4.69, 9.17) is 0 Å². The van der Waals surface area contributed by atoms with Crippen LogP contribution < -0.4 is 5.56 Å². The highest BCUT2D eigenvalue weighted by atomic mass is 32.2. The first-order valence-electron chi connectivity index (χ1n) is 4.60. The van der Waals surface area contributed by atoms with Crippen LogP contribution in [0.1, 0.15) is 30.4 Å². The van der Waals surface area contributed by atoms with E-state index < -0.39 is 0 Å². The van der Waals surface area contributed by atoms with Crippen molar-refractivity contribution in [3.63, 3.8) is 0 Å². The molecule has 1 atom stereocenters. The van der Waals surface area contributed by atoms with Gasteiger partial charge in [0.15, 0.2) is 5.16 Å². The monoisotopic (exact) mass is 228 g/mol. The molecule has 0 aromatic carbocycles. The van der Waals surface area contributed by atoms with Crippen molar-refractivity contribution in [2.24, 2.45) is 0 Å². The molecule has 2 rings (SSSR count). The molecule has 3 nitrogen and oxygen atoms in total. The normalized spacial score (nSPS) is 19.7. The van der Waals surface area contributed by atoms with E-state index in [1.165, 1.54) is 0 Å². The van der Waals surface area contributed by atoms with Gasteiger partial charge in [0.05, 0.1) is 11.3 Å². The zero-order valence-corrected chi connectivity index (χ0v) is 9.80. The van der Waals surface area contributed by atoms with E-state index in [1.54, 1.807) is 23.5 Å². The number of hydrogen-bond acceptors (Lipinski definition) is 4. The summed E-state index contributed by atoms with van der Waals surface area (Å²) < 4.78 is 0. The number of fused-ring (bicyclic) bond motifs is 1. The molecule has 0 bridgehead atoms. The molecule has 0 spiro atoms. The quantitative estimate of drug-likeness (QED) is 0.622. The summed E-state index contributed by atoms with van der Waals surface area (Å²) in [6, 6.07) is 0. The van der Waals surface area contributed by atoms with Gasteiger partial charge in [-0.1, -0.05) is 18.7 Å². The average Bonchev–Trinajstić information content (AvgIpc) is 2.48. The van der Waals surface area contributed by atoms with Crippen LogP contribution in [0.3, 0.4) is 0 Å². The predicted molar refractivity (Wildman–Crippen MR) is 61.0 cm³/mol. The molecule has 1 aliphatic rings. The lowest BCUT2D eigenvalue weighted by Crippen LogP contribution is -2.16. The highest BCUT2D eigenvalue weighted by Gasteiger charge is 2.24. The lowest BCUT2D eigenvalue weighted by Gasteiger charge is -2.03. The second-order valence-corrected chi connectivity index (χ2v) is 5.70. The Kier molecular flexibility index (Phi) is 2.88. The average molecular weight is 228 g/mol. The first kappa shape index (κ1) is 10.1. The van der Waals surface area contributed by atoms with Crippen molar-refractivity contribution in [3.8, 4) is 0 Å². The summed E-state index contributed by atoms with van der Waals surface area (Å²) in [6.45, 7) is 4.11. The minimum absolute atomic E-state index is 0.0449. The van der Waals surface area contributed by atoms with Crippen LogP contribution in [0.25, 0.3) is 0 Å². The largest absolute Gasteiger partial charge is 0.301 e. The number of aromatic amines is 1. The molecule has 14 heavy (non-hydrogen) atoms. The van der Waals surface area contributed by atoms with Gasteiger partial charge in [-0.2, -0.15) is 0 Å². The van der Waals surface area contributed by atoms with E-state index in [0.717, 1.165) is 27.9 Å². The van der Waals surface area contributed by atoms with Crippen molar-refractivity contribution < 1.29 is 0 Å². The summed E-state index contributed by atoms with van der Waals surface area (Å²) >= 11 is 3.36. The molecule has 0 fully saturated rings. The van der Waals surface area contributed by atoms with Gasteiger partial charge in [-0.25, -0.2) is 4.98 Å². The predicted octanol–water partition coefficient (Wildman–Crippen LogP) is 2.19. The third-order valence-corrected chi connectivity index (χ3v) is 4.10. The first-order valence-corrected chi connectivity index (χ1v) is 6.63. The Bertz CT molecular complexity index is 402. The first-order chi connectivity index (χ1) is 6.72. The van der Waals surface area contributed by atoms with E-state index in [9.17, 15) is 4.79 Å². The Balaban J connectivity index is 2.46. The fourth-order valence-corrected chi connectivity index (χ4v) is 3.18. The maximum absolute atomic E-state index is 11.7. The second kappa shape index (κ2) is 3.98. The number of nitrogens with zero attached hydrogens (tertiary/aromatic N) is 1. The highest BCUT2D eigenvalue weighted by molar-refractivity contribution is 7.99. The number of aromatic nitrogens is 2. The molecule has 1 N–H and O–H groups in total. The maximum atomic E-state index is 11.7. The Morgan fingerprint density at radius 3 is 3.21 bits per heavy atom. The van der Waals surface area contributed by atoms with Crippen molar-refractivity contribution in [2.75, 3.05) is 5.75 Å². The molecular formula is C9H12N2OS2. The van der Waals surface area contributed by atoms with Crippen LogP contribution in [0.2, 0.25) is 0 Å². The topological polar surface area (TPSA) is 45.8 Å². The highest BCUT2D eigenvalue weighted by Crippen LogP contribution is 2.38. The number of rotatable bonds is 2. The van der Waals surface area contributed by atoms with Crippen LogP contribution in [-0.2, 0) is 5.75 Å². The number of hydrogen-bond donors (Lipinski definition) is 1. The van der Waals surface area contributed by atoms with Crippen molar-refractivity contribution in [1.82, 2.24) is 9.97 Å². The smallest absolute Gasteiger partial charge is 0.256 e. The summed E-state index contributed by atoms with van der Waals surface area (Å²) in [5.74, 6) is 1.81. The van der Waals surface area contributed by atoms with Gasteiger partial charge in [0.25, 0.3) is 5.56 Å². The molecule has 2 heterocycles. The lowest BCUT2D eigenvalue weighted by atomic mass is 10.2. The van der Waals surface area contributed by atoms with E-state index in [0.29, 0.717) is 5.25 Å². The van der Waals surface area contributed by atoms with Crippen LogP contribution in [0.5, 0.6) is 0 Å². The standard InChI is InChI=1S/C9H12N2OS2/c1-3-13-9-10-6-4-14-5(2)7(6)8(12)11-9/h5H,3-4H2,1-2H3,(H,10,11,12)/t5-/m1/s1. The molecule has 0 aliphatic carbocycles. The molecule has 0 unspecified atom stereocenters. The van der Waals surface area contributed by atoms with Crippen LogP contribution in [0.15, 0.2) is 9.95 Å². The summed E-state index contributed by atoms with van der Waals surface area (Å²) in [7, 11) is 0. The van der Waals surface area contributed by atoms with E-state index in [1.807, 2.05) is 0 Å². The fourth-order valence-electron chi connectivity index (χ4n) is 1.53. The van der Waals surface area contributed by atoms with E-state index >= 15 is 0 Å². The van der Waals surface area contributed by atoms with Crippen molar-refractivity contribution >= 4 is 23.5 Å². The minimum Gasteiger partial charge on any atom is -0.301 e. The molecule has 1 aliphatic heterocycles. The maximum Gasteiger partial charge on any atom is 0.256 e. The second-order valence-electron chi connectivity index (χ2n) is 3.12. The molecule has 0 radical (unpaired) electrons. The summed E-state index contributed by atoms with van der Waals surface area (Å²) in [4.78, 5) is 19.0. The summed E-state index contributed by atoms with van der Waals surface area (Å²) in [5, 5.41) is 1.05. The molecule has 0 saturated heterocycles. The Morgan fingerprint density at radius 2 is 2.50 bits per heavy atom. The Hall–Kier alpha value is -0.420. The number of thioether (sulfide) groups is 2. The Labute approximate surface area is 91.1 Å². The molecule has 5 heteroatoms. The van der Waals surface area contributed by atoms with Gasteiger partial charge in [-0.15, -0.1) is 11.8 Å². The molecule has 1 aromatic rings. The SMILES string of the molecule is CCSc1nc2c(c(=O)[nH]1)[C@@H](C)SC2. The van der Waals surface area contributed by atoms with E-state index in [2.05, 4.69) is 23.8 Å². The Morgan fingerprint density at radius 1 is 1.71 bits per heavy atom. The molecule has 1 aromatic heterocycles. The fraction of sp³-hybridized carbons (Fsp3) is 0.556. The van der Waals surface area contributed by atoms with Gasteiger partial charge in [-0.3, -0.25) is 4.79 Å². The van der Waals surface area contributed by atoms with Crippen LogP contribution in [0, 0.1) is 0 Å². The number of nitrogens with one attached hydrogen (secondary N) is 1. The third-order valence-electron chi connectivity index (χ3n) is 2.17. The van der Waals surface area contributed by atoms with Gasteiger partial charge >= 0.3 is 0 Å². The molecule has 0 saturated carbocycles. The molecule has 0 amide bonds. The van der Waals surface area contributed by atoms with Crippen LogP contribution >= 0.6 is 23.5 Å². The minimum atomic E-state index is 0.0449. The van der Waals surface area contributed by atoms with Crippen LogP contribution in [0.4, 0.5) is 0 Å². The van der Waals surface area contributed by atoms with Gasteiger partial charge in [0.2, 0.25) is 0 Å². The third kappa shape index (κ3) is 1.70. The van der Waals surface area contributed by atoms with Crippen molar-refractivity contribution in [2.45, 2.75) is 30.0 Å². The summed E-state index contributed by atoms with van der Waals surface area (Å²) in [6.07, 6.45) is 0. The number of H-pyrrole nitrogens is 1. The van der Waals surface area contributed by atoms with Gasteiger partial charge < -0.3 is 4.98 Å². The van der Waals surface area contributed by atoms with Crippen molar-refractivity contribution in [3.05, 3.63) is 21.6 Å². The van der Waals surface area contributed by atoms with Gasteiger partial charge in [-0.05, 0) is 12.7 Å². The van der Waals surface area contributed by atoms with Crippen molar-refractivity contribution in [1.29, 1.82) is 0 Å². The lowest BCUT2D eigenvalue weighted by molar-refractivity contribution is 0.865. The van der Waals surface area contributed by atoms with Gasteiger partial charge in [0.1, 0.15) is 0 Å².